The van der Waals surface area contributed by atoms with Crippen LogP contribution >= 0.6 is 0 Å². The molecule has 0 radical (unpaired) electrons. The summed E-state index contributed by atoms with van der Waals surface area (Å²) in [5, 5.41) is 9.03. The van der Waals surface area contributed by atoms with Crippen molar-refractivity contribution in [3.8, 4) is 11.5 Å². The van der Waals surface area contributed by atoms with Gasteiger partial charge in [0.25, 0.3) is 0 Å². The Labute approximate surface area is 207 Å². The van der Waals surface area contributed by atoms with Crippen molar-refractivity contribution in [3.05, 3.63) is 83.7 Å². The van der Waals surface area contributed by atoms with Gasteiger partial charge in [-0.15, -0.1) is 0 Å². The van der Waals surface area contributed by atoms with Crippen LogP contribution in [0.25, 0.3) is 0 Å². The fraction of sp³-hybridized carbons (Fsp3) is 0.154. The number of benzene rings is 3. The van der Waals surface area contributed by atoms with Gasteiger partial charge in [0, 0.05) is 29.4 Å². The highest BCUT2D eigenvalue weighted by Gasteiger charge is 2.14. The topological polar surface area (TPSA) is 118 Å². The number of anilines is 2. The van der Waals surface area contributed by atoms with E-state index >= 15 is 0 Å². The van der Waals surface area contributed by atoms with Gasteiger partial charge in [0.1, 0.15) is 12.4 Å². The van der Waals surface area contributed by atoms with Gasteiger partial charge in [-0.05, 0) is 55.5 Å². The summed E-state index contributed by atoms with van der Waals surface area (Å²) in [6.07, 6.45) is 0. The number of amides is 3. The minimum Gasteiger partial charge on any atom is -0.493 e. The molecule has 0 unspecified atom stereocenters. The molecule has 9 nitrogen and oxygen atoms in total. The maximum absolute atomic E-state index is 13.8. The van der Waals surface area contributed by atoms with Crippen LogP contribution in [0, 0.1) is 5.82 Å². The monoisotopic (exact) mass is 492 g/mol. The largest absolute Gasteiger partial charge is 0.493 e. The molecular weight excluding hydrogens is 467 g/mol. The van der Waals surface area contributed by atoms with Crippen LogP contribution in [0.15, 0.2) is 71.8 Å². The van der Waals surface area contributed by atoms with E-state index in [-0.39, 0.29) is 18.3 Å². The lowest BCUT2D eigenvalue weighted by molar-refractivity contribution is -0.136. The Bertz CT molecular complexity index is 1290. The Balaban J connectivity index is 1.59. The van der Waals surface area contributed by atoms with Crippen molar-refractivity contribution < 1.29 is 28.2 Å². The van der Waals surface area contributed by atoms with Crippen LogP contribution in [0.2, 0.25) is 0 Å². The van der Waals surface area contributed by atoms with E-state index in [2.05, 4.69) is 21.2 Å². The lowest BCUT2D eigenvalue weighted by Crippen LogP contribution is -2.32. The summed E-state index contributed by atoms with van der Waals surface area (Å²) in [6.45, 7) is 3.05. The van der Waals surface area contributed by atoms with Crippen LogP contribution < -0.4 is 25.5 Å². The van der Waals surface area contributed by atoms with Gasteiger partial charge in [-0.25, -0.2) is 9.82 Å². The third-order valence-electron chi connectivity index (χ3n) is 4.92. The predicted octanol–water partition coefficient (Wildman–Crippen LogP) is 3.85. The van der Waals surface area contributed by atoms with Crippen LogP contribution in [-0.2, 0) is 21.0 Å². The van der Waals surface area contributed by atoms with Crippen LogP contribution in [0.5, 0.6) is 11.5 Å². The van der Waals surface area contributed by atoms with E-state index in [9.17, 15) is 18.8 Å². The van der Waals surface area contributed by atoms with Crippen LogP contribution in [0.3, 0.4) is 0 Å². The first-order valence-electron chi connectivity index (χ1n) is 10.8. The molecule has 0 aliphatic heterocycles. The van der Waals surface area contributed by atoms with Gasteiger partial charge in [-0.1, -0.05) is 18.2 Å². The van der Waals surface area contributed by atoms with Crippen LogP contribution in [0.1, 0.15) is 25.0 Å². The molecule has 3 aromatic carbocycles. The summed E-state index contributed by atoms with van der Waals surface area (Å²) in [5.74, 6) is -1.65. The number of carbonyl (C=O) groups is 3. The second kappa shape index (κ2) is 12.1. The van der Waals surface area contributed by atoms with Crippen molar-refractivity contribution in [2.75, 3.05) is 17.7 Å². The molecule has 0 heterocycles. The minimum absolute atomic E-state index is 0.0244. The van der Waals surface area contributed by atoms with Gasteiger partial charge < -0.3 is 20.1 Å². The molecule has 0 fully saturated rings. The average Bonchev–Trinajstić information content (AvgIpc) is 2.87. The van der Waals surface area contributed by atoms with E-state index < -0.39 is 11.8 Å². The number of nitrogens with zero attached hydrogens (tertiary/aromatic N) is 1. The molecule has 0 atom stereocenters. The maximum Gasteiger partial charge on any atom is 0.329 e. The van der Waals surface area contributed by atoms with Crippen molar-refractivity contribution >= 4 is 34.8 Å². The van der Waals surface area contributed by atoms with Crippen LogP contribution in [0.4, 0.5) is 15.8 Å². The third-order valence-corrected chi connectivity index (χ3v) is 4.92. The Morgan fingerprint density at radius 3 is 2.17 bits per heavy atom. The highest BCUT2D eigenvalue weighted by molar-refractivity contribution is 6.39. The Kier molecular flexibility index (Phi) is 8.71. The summed E-state index contributed by atoms with van der Waals surface area (Å²) in [4.78, 5) is 35.4. The van der Waals surface area contributed by atoms with Crippen molar-refractivity contribution in [2.45, 2.75) is 20.5 Å². The SMILES string of the molecule is COc1cc(/C(C)=N/NC(=O)C(=O)Nc2ccc(NC(C)=O)cc2)ccc1OCc1ccccc1F. The second-order valence-corrected chi connectivity index (χ2v) is 7.60. The Hall–Kier alpha value is -4.73. The lowest BCUT2D eigenvalue weighted by Gasteiger charge is -2.13. The zero-order valence-corrected chi connectivity index (χ0v) is 19.9. The number of nitrogens with one attached hydrogen (secondary N) is 3. The molecule has 0 aliphatic rings. The van der Waals surface area contributed by atoms with Gasteiger partial charge in [0.05, 0.1) is 12.8 Å². The number of hydrazone groups is 1. The molecule has 0 saturated carbocycles. The molecular formula is C26H25FN4O5. The van der Waals surface area contributed by atoms with E-state index in [1.807, 2.05) is 0 Å². The summed E-state index contributed by atoms with van der Waals surface area (Å²) in [5.41, 5.74) is 4.58. The van der Waals surface area contributed by atoms with Crippen molar-refractivity contribution in [2.24, 2.45) is 5.10 Å². The zero-order chi connectivity index (χ0) is 26.1. The minimum atomic E-state index is -0.961. The average molecular weight is 493 g/mol. The van der Waals surface area contributed by atoms with E-state index in [0.29, 0.717) is 39.7 Å². The Morgan fingerprint density at radius 2 is 1.53 bits per heavy atom. The quantitative estimate of drug-likeness (QED) is 0.251. The molecule has 3 rings (SSSR count). The molecule has 186 valence electrons. The molecule has 3 N–H and O–H groups in total. The highest BCUT2D eigenvalue weighted by atomic mass is 19.1. The standard InChI is InChI=1S/C26H25FN4O5/c1-16(30-31-26(34)25(33)29-21-11-9-20(10-12-21)28-17(2)32)18-8-13-23(24(14-18)35-3)36-15-19-6-4-5-7-22(19)27/h4-14H,15H2,1-3H3,(H,28,32)(H,29,33)(H,31,34)/b30-16+. The van der Waals surface area contributed by atoms with E-state index in [0.717, 1.165) is 0 Å². The van der Waals surface area contributed by atoms with Crippen molar-refractivity contribution in [1.82, 2.24) is 5.43 Å². The number of carbonyl (C=O) groups excluding carboxylic acids is 3. The smallest absolute Gasteiger partial charge is 0.329 e. The number of hydrogen-bond acceptors (Lipinski definition) is 6. The maximum atomic E-state index is 13.8. The summed E-state index contributed by atoms with van der Waals surface area (Å²) >= 11 is 0. The van der Waals surface area contributed by atoms with Crippen molar-refractivity contribution in [1.29, 1.82) is 0 Å². The summed E-state index contributed by atoms with van der Waals surface area (Å²) in [7, 11) is 1.47. The first-order chi connectivity index (χ1) is 17.3. The normalized spacial score (nSPS) is 10.8. The third kappa shape index (κ3) is 7.13. The molecule has 0 spiro atoms. The number of halogens is 1. The van der Waals surface area contributed by atoms with E-state index in [1.54, 1.807) is 67.6 Å². The first kappa shape index (κ1) is 25.9. The van der Waals surface area contributed by atoms with E-state index in [4.69, 9.17) is 9.47 Å². The number of hydrogen-bond donors (Lipinski definition) is 3. The molecule has 0 bridgehead atoms. The summed E-state index contributed by atoms with van der Waals surface area (Å²) < 4.78 is 24.9. The van der Waals surface area contributed by atoms with E-state index in [1.165, 1.54) is 20.1 Å². The van der Waals surface area contributed by atoms with Crippen LogP contribution in [-0.4, -0.2) is 30.5 Å². The second-order valence-electron chi connectivity index (χ2n) is 7.60. The number of ether oxygens (including phenoxy) is 2. The fourth-order valence-corrected chi connectivity index (χ4v) is 3.06. The first-order valence-corrected chi connectivity index (χ1v) is 10.8. The van der Waals surface area contributed by atoms with Gasteiger partial charge in [0.15, 0.2) is 11.5 Å². The molecule has 0 saturated heterocycles. The number of rotatable bonds is 8. The summed E-state index contributed by atoms with van der Waals surface area (Å²) in [6, 6.07) is 17.6. The molecule has 36 heavy (non-hydrogen) atoms. The molecule has 3 aromatic rings. The van der Waals surface area contributed by atoms with Gasteiger partial charge in [0.2, 0.25) is 5.91 Å². The highest BCUT2D eigenvalue weighted by Crippen LogP contribution is 2.29. The Morgan fingerprint density at radius 1 is 0.861 bits per heavy atom. The van der Waals surface area contributed by atoms with Gasteiger partial charge in [-0.2, -0.15) is 5.10 Å². The zero-order valence-electron chi connectivity index (χ0n) is 19.9. The fourth-order valence-electron chi connectivity index (χ4n) is 3.06. The number of methoxy groups -OCH3 is 1. The van der Waals surface area contributed by atoms with Gasteiger partial charge >= 0.3 is 11.8 Å². The molecule has 0 aromatic heterocycles. The lowest BCUT2D eigenvalue weighted by atomic mass is 10.1. The van der Waals surface area contributed by atoms with Crippen molar-refractivity contribution in [3.63, 3.8) is 0 Å². The predicted molar refractivity (Wildman–Crippen MR) is 133 cm³/mol. The molecule has 3 amide bonds. The molecule has 0 aliphatic carbocycles. The van der Waals surface area contributed by atoms with Gasteiger partial charge in [-0.3, -0.25) is 14.4 Å². The molecule has 10 heteroatoms.